The maximum atomic E-state index is 12.8. The maximum absolute atomic E-state index is 12.8. The van der Waals surface area contributed by atoms with Crippen LogP contribution in [0.25, 0.3) is 0 Å². The van der Waals surface area contributed by atoms with Crippen molar-refractivity contribution in [3.63, 3.8) is 0 Å². The van der Waals surface area contributed by atoms with Crippen LogP contribution in [-0.4, -0.2) is 47.8 Å². The molecule has 3 atom stereocenters. The summed E-state index contributed by atoms with van der Waals surface area (Å²) in [6, 6.07) is -0.768. The SMILES string of the molecule is CCCCCCCCCCCCCCCCCCCCCCC(=O)NC(COP(=O)(O)OCCN)C(O)CCCCCCCCCCCCCCCCCC. The van der Waals surface area contributed by atoms with Gasteiger partial charge < -0.3 is 21.1 Å². The van der Waals surface area contributed by atoms with E-state index in [9.17, 15) is 19.4 Å². The number of phosphoric ester groups is 1. The number of phosphoric acid groups is 1. The molecule has 0 heterocycles. The maximum Gasteiger partial charge on any atom is 0.472 e. The predicted octanol–water partition coefficient (Wildman–Crippen LogP) is 13.8. The van der Waals surface area contributed by atoms with Crippen molar-refractivity contribution in [2.45, 2.75) is 270 Å². The Morgan fingerprint density at radius 3 is 1.16 bits per heavy atom. The molecule has 0 aliphatic rings. The summed E-state index contributed by atoms with van der Waals surface area (Å²) in [6.07, 6.45) is 46.9. The van der Waals surface area contributed by atoms with E-state index in [0.717, 1.165) is 38.5 Å². The van der Waals surface area contributed by atoms with Gasteiger partial charge in [-0.15, -0.1) is 0 Å². The third-order valence-electron chi connectivity index (χ3n) is 11.2. The van der Waals surface area contributed by atoms with Gasteiger partial charge in [0.1, 0.15) is 0 Å². The van der Waals surface area contributed by atoms with E-state index >= 15 is 0 Å². The molecule has 3 unspecified atom stereocenters. The molecule has 5 N–H and O–H groups in total. The fourth-order valence-electron chi connectivity index (χ4n) is 7.55. The van der Waals surface area contributed by atoms with Crippen molar-refractivity contribution in [3.05, 3.63) is 0 Å². The van der Waals surface area contributed by atoms with Crippen LogP contribution in [0.5, 0.6) is 0 Å². The van der Waals surface area contributed by atoms with Crippen molar-refractivity contribution in [1.29, 1.82) is 0 Å². The first-order valence-corrected chi connectivity index (χ1v) is 25.6. The molecule has 1 amide bonds. The van der Waals surface area contributed by atoms with Crippen LogP contribution in [0.3, 0.4) is 0 Å². The monoisotopic (exact) mass is 803 g/mol. The Labute approximate surface area is 342 Å². The van der Waals surface area contributed by atoms with Gasteiger partial charge in [0.2, 0.25) is 5.91 Å². The Morgan fingerprint density at radius 2 is 0.836 bits per heavy atom. The van der Waals surface area contributed by atoms with E-state index in [1.807, 2.05) is 0 Å². The molecule has 330 valence electrons. The highest BCUT2D eigenvalue weighted by atomic mass is 31.2. The summed E-state index contributed by atoms with van der Waals surface area (Å²) in [6.45, 7) is 4.25. The van der Waals surface area contributed by atoms with E-state index < -0.39 is 20.0 Å². The van der Waals surface area contributed by atoms with Crippen LogP contribution in [0.1, 0.15) is 258 Å². The Bertz CT molecular complexity index is 834. The van der Waals surface area contributed by atoms with Gasteiger partial charge in [0.15, 0.2) is 0 Å². The van der Waals surface area contributed by atoms with Gasteiger partial charge in [-0.05, 0) is 12.8 Å². The molecule has 0 aliphatic heterocycles. The highest BCUT2D eigenvalue weighted by Crippen LogP contribution is 2.43. The lowest BCUT2D eigenvalue weighted by molar-refractivity contribution is -0.123. The fourth-order valence-corrected chi connectivity index (χ4v) is 8.31. The van der Waals surface area contributed by atoms with E-state index in [1.165, 1.54) is 193 Å². The predicted molar refractivity (Wildman–Crippen MR) is 236 cm³/mol. The lowest BCUT2D eigenvalue weighted by atomic mass is 10.0. The van der Waals surface area contributed by atoms with Gasteiger partial charge in [0, 0.05) is 13.0 Å². The lowest BCUT2D eigenvalue weighted by Gasteiger charge is -2.25. The summed E-state index contributed by atoms with van der Waals surface area (Å²) < 4.78 is 22.2. The van der Waals surface area contributed by atoms with Crippen molar-refractivity contribution in [1.82, 2.24) is 5.32 Å². The normalized spacial score (nSPS) is 13.9. The number of carbonyl (C=O) groups is 1. The van der Waals surface area contributed by atoms with Crippen LogP contribution in [0, 0.1) is 0 Å². The molecule has 55 heavy (non-hydrogen) atoms. The first-order chi connectivity index (χ1) is 26.9. The zero-order chi connectivity index (χ0) is 40.3. The van der Waals surface area contributed by atoms with Gasteiger partial charge in [0.25, 0.3) is 0 Å². The van der Waals surface area contributed by atoms with Crippen LogP contribution in [0.2, 0.25) is 0 Å². The summed E-state index contributed by atoms with van der Waals surface area (Å²) in [5.41, 5.74) is 5.39. The topological polar surface area (TPSA) is 131 Å². The number of unbranched alkanes of at least 4 members (excludes halogenated alkanes) is 34. The van der Waals surface area contributed by atoms with Crippen molar-refractivity contribution in [3.8, 4) is 0 Å². The highest BCUT2D eigenvalue weighted by Gasteiger charge is 2.27. The standard InChI is InChI=1S/C46H95N2O6P/c1-3-5-7-9-11-13-15-17-19-21-22-23-24-26-28-30-32-34-36-38-40-46(50)48-44(43-54-55(51,52)53-42-41-47)45(49)39-37-35-33-31-29-27-25-20-18-16-14-12-10-8-6-4-2/h44-45,49H,3-43,47H2,1-2H3,(H,48,50)(H,51,52). The summed E-state index contributed by atoms with van der Waals surface area (Å²) in [7, 11) is -4.31. The molecule has 0 aromatic carbocycles. The molecule has 0 radical (unpaired) electrons. The minimum absolute atomic E-state index is 0.0927. The van der Waals surface area contributed by atoms with Gasteiger partial charge >= 0.3 is 7.82 Å². The molecule has 0 spiro atoms. The molecule has 0 rings (SSSR count). The number of nitrogens with one attached hydrogen (secondary N) is 1. The summed E-state index contributed by atoms with van der Waals surface area (Å²) in [5.74, 6) is -0.155. The van der Waals surface area contributed by atoms with E-state index in [-0.39, 0.29) is 25.7 Å². The summed E-state index contributed by atoms with van der Waals surface area (Å²) >= 11 is 0. The smallest absolute Gasteiger partial charge is 0.391 e. The molecule has 0 saturated heterocycles. The average molecular weight is 803 g/mol. The fraction of sp³-hybridized carbons (Fsp3) is 0.978. The molecule has 9 heteroatoms. The van der Waals surface area contributed by atoms with Gasteiger partial charge in [0.05, 0.1) is 25.4 Å². The highest BCUT2D eigenvalue weighted by molar-refractivity contribution is 7.47. The van der Waals surface area contributed by atoms with E-state index in [2.05, 4.69) is 19.2 Å². The second-order valence-electron chi connectivity index (χ2n) is 16.7. The number of hydrogen-bond acceptors (Lipinski definition) is 6. The quantitative estimate of drug-likeness (QED) is 0.0356. The Kier molecular flexibility index (Phi) is 42.7. The van der Waals surface area contributed by atoms with Crippen molar-refractivity contribution < 1.29 is 28.4 Å². The van der Waals surface area contributed by atoms with Gasteiger partial charge in [-0.2, -0.15) is 0 Å². The molecule has 0 bridgehead atoms. The van der Waals surface area contributed by atoms with Crippen LogP contribution < -0.4 is 11.1 Å². The zero-order valence-electron chi connectivity index (χ0n) is 36.7. The first kappa shape index (κ1) is 54.5. The van der Waals surface area contributed by atoms with Crippen molar-refractivity contribution in [2.24, 2.45) is 5.73 Å². The molecule has 0 aromatic heterocycles. The van der Waals surface area contributed by atoms with E-state index in [4.69, 9.17) is 14.8 Å². The number of nitrogens with two attached hydrogens (primary N) is 1. The van der Waals surface area contributed by atoms with Gasteiger partial charge in [-0.1, -0.05) is 239 Å². The van der Waals surface area contributed by atoms with Gasteiger partial charge in [-0.25, -0.2) is 4.57 Å². The van der Waals surface area contributed by atoms with Crippen LogP contribution in [0.15, 0.2) is 0 Å². The number of hydrogen-bond donors (Lipinski definition) is 4. The summed E-state index contributed by atoms with van der Waals surface area (Å²) in [5, 5.41) is 13.8. The first-order valence-electron chi connectivity index (χ1n) is 24.2. The number of rotatable bonds is 46. The third kappa shape index (κ3) is 41.5. The molecular formula is C46H95N2O6P. The van der Waals surface area contributed by atoms with Crippen LogP contribution >= 0.6 is 7.82 Å². The van der Waals surface area contributed by atoms with Crippen LogP contribution in [0.4, 0.5) is 0 Å². The van der Waals surface area contributed by atoms with E-state index in [1.54, 1.807) is 0 Å². The molecule has 0 aromatic rings. The van der Waals surface area contributed by atoms with Crippen LogP contribution in [-0.2, 0) is 18.4 Å². The number of amides is 1. The lowest BCUT2D eigenvalue weighted by Crippen LogP contribution is -2.46. The Balaban J connectivity index is 4.04. The second-order valence-corrected chi connectivity index (χ2v) is 18.1. The number of aliphatic hydroxyl groups is 1. The number of aliphatic hydroxyl groups excluding tert-OH is 1. The number of carbonyl (C=O) groups excluding carboxylic acids is 1. The average Bonchev–Trinajstić information content (AvgIpc) is 3.17. The minimum Gasteiger partial charge on any atom is -0.391 e. The van der Waals surface area contributed by atoms with Gasteiger partial charge in [-0.3, -0.25) is 13.8 Å². The molecule has 8 nitrogen and oxygen atoms in total. The zero-order valence-corrected chi connectivity index (χ0v) is 37.6. The molecule has 0 fully saturated rings. The third-order valence-corrected chi connectivity index (χ3v) is 12.2. The molecule has 0 aliphatic carbocycles. The largest absolute Gasteiger partial charge is 0.472 e. The minimum atomic E-state index is -4.31. The van der Waals surface area contributed by atoms with E-state index in [0.29, 0.717) is 12.8 Å². The Hall–Kier alpha value is -0.500. The molecular weight excluding hydrogens is 707 g/mol. The molecule has 0 saturated carbocycles. The van der Waals surface area contributed by atoms with Crippen molar-refractivity contribution >= 4 is 13.7 Å². The Morgan fingerprint density at radius 1 is 0.527 bits per heavy atom. The second kappa shape index (κ2) is 43.1. The van der Waals surface area contributed by atoms with Crippen molar-refractivity contribution in [2.75, 3.05) is 19.8 Å². The summed E-state index contributed by atoms with van der Waals surface area (Å²) in [4.78, 5) is 22.8.